The van der Waals surface area contributed by atoms with Crippen LogP contribution in [0.4, 0.5) is 4.79 Å². The Morgan fingerprint density at radius 1 is 1.14 bits per heavy atom. The van der Waals surface area contributed by atoms with Crippen molar-refractivity contribution in [2.45, 2.75) is 100 Å². The average molecular weight is 664 g/mol. The lowest BCUT2D eigenvalue weighted by Gasteiger charge is -2.30. The number of fused-ring (bicyclic) bond motifs is 2. The number of thiophene rings is 1. The summed E-state index contributed by atoms with van der Waals surface area (Å²) in [6.07, 6.45) is 6.22. The maximum absolute atomic E-state index is 13.6. The van der Waals surface area contributed by atoms with Crippen molar-refractivity contribution in [1.29, 1.82) is 0 Å². The zero-order valence-corrected chi connectivity index (χ0v) is 26.9. The molecule has 2 aliphatic heterocycles. The summed E-state index contributed by atoms with van der Waals surface area (Å²) in [4.78, 5) is 54.4. The molecule has 3 N–H and O–H groups in total. The third-order valence-electron chi connectivity index (χ3n) is 7.45. The summed E-state index contributed by atoms with van der Waals surface area (Å²) in [5, 5.41) is 5.48. The Hall–Kier alpha value is -2.35. The predicted octanol–water partition coefficient (Wildman–Crippen LogP) is 4.14. The summed E-state index contributed by atoms with van der Waals surface area (Å²) >= 11 is 12.8. The Kier molecular flexibility index (Phi) is 9.86. The summed E-state index contributed by atoms with van der Waals surface area (Å²) in [6, 6.07) is 0.250. The molecule has 0 unspecified atom stereocenters. The number of nitrogens with zero attached hydrogens (tertiary/aromatic N) is 1. The molecule has 0 spiro atoms. The minimum atomic E-state index is -4.37. The van der Waals surface area contributed by atoms with Crippen LogP contribution in [-0.2, 0) is 29.1 Å². The zero-order chi connectivity index (χ0) is 30.9. The van der Waals surface area contributed by atoms with E-state index in [9.17, 15) is 27.6 Å². The molecule has 3 heterocycles. The van der Waals surface area contributed by atoms with Crippen molar-refractivity contribution < 1.29 is 32.3 Å². The van der Waals surface area contributed by atoms with Gasteiger partial charge in [-0.05, 0) is 71.8 Å². The maximum atomic E-state index is 13.6. The molecular formula is C27H36Cl2N4O7S2. The number of hydrogen-bond donors (Lipinski definition) is 3. The molecule has 2 fully saturated rings. The number of carbonyl (C=O) groups excluding carboxylic acids is 4. The summed E-state index contributed by atoms with van der Waals surface area (Å²) in [5.74, 6) is -2.38. The van der Waals surface area contributed by atoms with Crippen LogP contribution in [0.5, 0.6) is 0 Å². The normalized spacial score (nSPS) is 27.2. The number of carbonyl (C=O) groups is 4. The van der Waals surface area contributed by atoms with Crippen molar-refractivity contribution >= 4 is 68.4 Å². The molecule has 1 aromatic rings. The molecule has 4 rings (SSSR count). The summed E-state index contributed by atoms with van der Waals surface area (Å²) in [7, 11) is -4.37. The van der Waals surface area contributed by atoms with Crippen LogP contribution in [-0.4, -0.2) is 66.9 Å². The second kappa shape index (κ2) is 12.7. The van der Waals surface area contributed by atoms with Gasteiger partial charge in [-0.25, -0.2) is 17.9 Å². The lowest BCUT2D eigenvalue weighted by Crippen LogP contribution is -2.57. The summed E-state index contributed by atoms with van der Waals surface area (Å²) in [6.45, 7) is 5.68. The number of alkyl carbamates (subject to hydrolysis) is 1. The van der Waals surface area contributed by atoms with Gasteiger partial charge in [-0.2, -0.15) is 0 Å². The van der Waals surface area contributed by atoms with Crippen LogP contribution in [0.25, 0.3) is 0 Å². The lowest BCUT2D eigenvalue weighted by molar-refractivity contribution is -0.146. The number of sulfonamides is 1. The first-order valence-corrected chi connectivity index (χ1v) is 17.0. The van der Waals surface area contributed by atoms with Gasteiger partial charge in [0.1, 0.15) is 20.8 Å². The van der Waals surface area contributed by atoms with Crippen molar-refractivity contribution in [3.63, 3.8) is 0 Å². The van der Waals surface area contributed by atoms with Crippen molar-refractivity contribution in [3.05, 3.63) is 26.9 Å². The highest BCUT2D eigenvalue weighted by Crippen LogP contribution is 2.46. The van der Waals surface area contributed by atoms with Gasteiger partial charge in [-0.3, -0.25) is 14.4 Å². The standard InChI is InChI=1S/C27H36Cl2N4O7S2/c1-26(2,3)31-25(37)40-18-12-8-6-4-5-7-10-16-15-27(16,30-22(34)17-11-9-13-33(17)23(18)35)24(36)32-42(38,39)19-14-20(28)41-21(19)29/h7,10,14,16-18H,4-6,8-9,11-13,15H2,1-3H3,(H,30,34)(H,31,37)(H,32,36)/t16-,17+,18+,27-/m1/s1. The van der Waals surface area contributed by atoms with E-state index in [0.717, 1.165) is 30.2 Å². The van der Waals surface area contributed by atoms with E-state index < -0.39 is 63.0 Å². The molecule has 42 heavy (non-hydrogen) atoms. The Morgan fingerprint density at radius 2 is 1.88 bits per heavy atom. The lowest BCUT2D eigenvalue weighted by atomic mass is 10.1. The Bertz CT molecular complexity index is 1370. The number of nitrogens with one attached hydrogen (secondary N) is 3. The fourth-order valence-corrected chi connectivity index (χ4v) is 8.47. The van der Waals surface area contributed by atoms with Crippen LogP contribution in [0.1, 0.15) is 72.1 Å². The van der Waals surface area contributed by atoms with Crippen LogP contribution >= 0.6 is 34.5 Å². The van der Waals surface area contributed by atoms with Gasteiger partial charge < -0.3 is 20.3 Å². The number of rotatable bonds is 4. The Labute approximate surface area is 259 Å². The number of amides is 4. The van der Waals surface area contributed by atoms with Gasteiger partial charge in [0.05, 0.1) is 4.34 Å². The second-order valence-corrected chi connectivity index (χ2v) is 15.9. The number of hydrogen-bond acceptors (Lipinski definition) is 8. The van der Waals surface area contributed by atoms with E-state index >= 15 is 0 Å². The smallest absolute Gasteiger partial charge is 0.408 e. The van der Waals surface area contributed by atoms with E-state index in [1.54, 1.807) is 20.8 Å². The van der Waals surface area contributed by atoms with Crippen molar-refractivity contribution in [1.82, 2.24) is 20.3 Å². The van der Waals surface area contributed by atoms with Gasteiger partial charge in [0.15, 0.2) is 6.10 Å². The molecule has 3 aliphatic rings. The molecule has 1 aliphatic carbocycles. The quantitative estimate of drug-likeness (QED) is 0.410. The first-order valence-electron chi connectivity index (χ1n) is 13.9. The Balaban J connectivity index is 1.57. The van der Waals surface area contributed by atoms with Crippen LogP contribution in [0.3, 0.4) is 0 Å². The highest BCUT2D eigenvalue weighted by atomic mass is 35.5. The molecule has 1 saturated heterocycles. The van der Waals surface area contributed by atoms with E-state index in [4.69, 9.17) is 27.9 Å². The number of halogens is 2. The molecule has 1 aromatic heterocycles. The fraction of sp³-hybridized carbons (Fsp3) is 0.630. The minimum Gasteiger partial charge on any atom is -0.436 e. The van der Waals surface area contributed by atoms with Crippen LogP contribution in [0.2, 0.25) is 8.67 Å². The average Bonchev–Trinajstić information content (AvgIpc) is 3.18. The van der Waals surface area contributed by atoms with E-state index in [2.05, 4.69) is 15.4 Å². The van der Waals surface area contributed by atoms with Gasteiger partial charge in [0, 0.05) is 18.0 Å². The van der Waals surface area contributed by atoms with Crippen molar-refractivity contribution in [3.8, 4) is 0 Å². The van der Waals surface area contributed by atoms with Crippen molar-refractivity contribution in [2.24, 2.45) is 5.92 Å². The molecule has 0 aromatic carbocycles. The molecular weight excluding hydrogens is 627 g/mol. The highest BCUT2D eigenvalue weighted by molar-refractivity contribution is 7.90. The van der Waals surface area contributed by atoms with Gasteiger partial charge in [-0.15, -0.1) is 11.3 Å². The summed E-state index contributed by atoms with van der Waals surface area (Å²) in [5.41, 5.74) is -2.08. The van der Waals surface area contributed by atoms with Crippen molar-refractivity contribution in [2.75, 3.05) is 6.54 Å². The van der Waals surface area contributed by atoms with Gasteiger partial charge >= 0.3 is 6.09 Å². The molecule has 232 valence electrons. The van der Waals surface area contributed by atoms with E-state index in [1.807, 2.05) is 12.2 Å². The Morgan fingerprint density at radius 3 is 2.55 bits per heavy atom. The van der Waals surface area contributed by atoms with Crippen LogP contribution in [0, 0.1) is 5.92 Å². The summed E-state index contributed by atoms with van der Waals surface area (Å²) < 4.78 is 33.7. The maximum Gasteiger partial charge on any atom is 0.408 e. The van der Waals surface area contributed by atoms with Gasteiger partial charge in [0.25, 0.3) is 21.8 Å². The molecule has 1 saturated carbocycles. The van der Waals surface area contributed by atoms with E-state index in [1.165, 1.54) is 4.90 Å². The van der Waals surface area contributed by atoms with Gasteiger partial charge in [-0.1, -0.05) is 41.8 Å². The fourth-order valence-electron chi connectivity index (χ4n) is 5.28. The topological polar surface area (TPSA) is 151 Å². The first kappa shape index (κ1) is 32.6. The number of allylic oxidation sites excluding steroid dienone is 1. The molecule has 0 bridgehead atoms. The molecule has 11 nitrogen and oxygen atoms in total. The third kappa shape index (κ3) is 7.59. The molecule has 4 atom stereocenters. The van der Waals surface area contributed by atoms with Gasteiger partial charge in [0.2, 0.25) is 5.91 Å². The largest absolute Gasteiger partial charge is 0.436 e. The van der Waals surface area contributed by atoms with E-state index in [-0.39, 0.29) is 26.5 Å². The molecule has 0 radical (unpaired) electrons. The molecule has 4 amide bonds. The van der Waals surface area contributed by atoms with E-state index in [0.29, 0.717) is 32.1 Å². The second-order valence-electron chi connectivity index (χ2n) is 11.9. The third-order valence-corrected chi connectivity index (χ3v) is 10.5. The number of ether oxygens (including phenoxy) is 1. The zero-order valence-electron chi connectivity index (χ0n) is 23.7. The minimum absolute atomic E-state index is 0.0933. The predicted molar refractivity (Wildman–Crippen MR) is 159 cm³/mol. The molecule has 15 heteroatoms. The van der Waals surface area contributed by atoms with Crippen LogP contribution in [0.15, 0.2) is 23.1 Å². The van der Waals surface area contributed by atoms with Crippen LogP contribution < -0.4 is 15.4 Å². The highest BCUT2D eigenvalue weighted by Gasteiger charge is 2.61. The SMILES string of the molecule is CC(C)(C)NC(=O)O[C@H]1CCCCCC=C[C@@H]2C[C@@]2(C(=O)NS(=O)(=O)c2cc(Cl)sc2Cl)NC(=O)[C@@H]2CCCN2C1=O. The monoisotopic (exact) mass is 662 g/mol. The first-order chi connectivity index (χ1) is 19.6.